The van der Waals surface area contributed by atoms with Gasteiger partial charge in [0.25, 0.3) is 0 Å². The van der Waals surface area contributed by atoms with Gasteiger partial charge in [-0.3, -0.25) is 9.69 Å². The highest BCUT2D eigenvalue weighted by molar-refractivity contribution is 5.78. The first-order valence-electron chi connectivity index (χ1n) is 9.30. The number of nitrogens with zero attached hydrogens (tertiary/aromatic N) is 1. The molecule has 25 heavy (non-hydrogen) atoms. The Balaban J connectivity index is 2.14. The third-order valence-corrected chi connectivity index (χ3v) is 4.67. The maximum absolute atomic E-state index is 12.5. The van der Waals surface area contributed by atoms with E-state index in [0.717, 1.165) is 31.5 Å². The zero-order valence-corrected chi connectivity index (χ0v) is 15.7. The van der Waals surface area contributed by atoms with Crippen molar-refractivity contribution in [1.29, 1.82) is 0 Å². The lowest BCUT2D eigenvalue weighted by Gasteiger charge is -2.23. The normalized spacial score (nSPS) is 12.2. The van der Waals surface area contributed by atoms with Crippen molar-refractivity contribution in [3.8, 4) is 0 Å². The van der Waals surface area contributed by atoms with E-state index in [1.54, 1.807) is 0 Å². The van der Waals surface area contributed by atoms with Crippen LogP contribution < -0.4 is 5.32 Å². The Bertz CT molecular complexity index is 633. The van der Waals surface area contributed by atoms with Crippen molar-refractivity contribution in [3.63, 3.8) is 0 Å². The molecule has 0 aromatic heterocycles. The molecule has 0 saturated heterocycles. The summed E-state index contributed by atoms with van der Waals surface area (Å²) in [6.45, 7) is 8.55. The summed E-state index contributed by atoms with van der Waals surface area (Å²) in [5, 5.41) is 3.24. The SMILES string of the molecule is CCc1ccc(C(Cc2ccccc2)NC(=O)CN(CC)CC)cc1. The molecule has 0 spiro atoms. The van der Waals surface area contributed by atoms with E-state index < -0.39 is 0 Å². The van der Waals surface area contributed by atoms with Gasteiger partial charge in [0.2, 0.25) is 5.91 Å². The van der Waals surface area contributed by atoms with Crippen molar-refractivity contribution >= 4 is 5.91 Å². The lowest BCUT2D eigenvalue weighted by Crippen LogP contribution is -2.39. The number of amides is 1. The standard InChI is InChI=1S/C22H30N2O/c1-4-18-12-14-20(15-13-18)21(16-19-10-8-7-9-11-19)23-22(25)17-24(5-2)6-3/h7-15,21H,4-6,16-17H2,1-3H3,(H,23,25). The highest BCUT2D eigenvalue weighted by Crippen LogP contribution is 2.19. The first kappa shape index (κ1) is 19.2. The molecule has 1 atom stereocenters. The van der Waals surface area contributed by atoms with Gasteiger partial charge < -0.3 is 5.32 Å². The minimum Gasteiger partial charge on any atom is -0.348 e. The van der Waals surface area contributed by atoms with Crippen molar-refractivity contribution in [2.75, 3.05) is 19.6 Å². The fourth-order valence-electron chi connectivity index (χ4n) is 2.98. The van der Waals surface area contributed by atoms with Gasteiger partial charge in [-0.2, -0.15) is 0 Å². The van der Waals surface area contributed by atoms with Gasteiger partial charge in [-0.15, -0.1) is 0 Å². The summed E-state index contributed by atoms with van der Waals surface area (Å²) in [5.41, 5.74) is 3.71. The number of benzene rings is 2. The summed E-state index contributed by atoms with van der Waals surface area (Å²) in [5.74, 6) is 0.0872. The molecule has 134 valence electrons. The summed E-state index contributed by atoms with van der Waals surface area (Å²) < 4.78 is 0. The molecule has 3 nitrogen and oxygen atoms in total. The Labute approximate surface area is 152 Å². The minimum atomic E-state index is -0.00336. The molecule has 2 aromatic rings. The third kappa shape index (κ3) is 6.02. The molecule has 0 radical (unpaired) electrons. The Kier molecular flexibility index (Phi) is 7.68. The van der Waals surface area contributed by atoms with Crippen LogP contribution in [0.15, 0.2) is 54.6 Å². The largest absolute Gasteiger partial charge is 0.348 e. The van der Waals surface area contributed by atoms with Crippen LogP contribution >= 0.6 is 0 Å². The van der Waals surface area contributed by atoms with E-state index in [4.69, 9.17) is 0 Å². The number of nitrogens with one attached hydrogen (secondary N) is 1. The van der Waals surface area contributed by atoms with Crippen LogP contribution in [0, 0.1) is 0 Å². The molecular formula is C22H30N2O. The molecule has 0 heterocycles. The minimum absolute atomic E-state index is 0.00336. The first-order chi connectivity index (χ1) is 12.2. The molecule has 2 aromatic carbocycles. The number of carbonyl (C=O) groups is 1. The summed E-state index contributed by atoms with van der Waals surface area (Å²) >= 11 is 0. The van der Waals surface area contributed by atoms with Crippen molar-refractivity contribution < 1.29 is 4.79 Å². The molecule has 0 aliphatic heterocycles. The summed E-state index contributed by atoms with van der Waals surface area (Å²) in [6, 6.07) is 18.9. The van der Waals surface area contributed by atoms with E-state index in [0.29, 0.717) is 6.54 Å². The van der Waals surface area contributed by atoms with E-state index in [9.17, 15) is 4.79 Å². The predicted molar refractivity (Wildman–Crippen MR) is 105 cm³/mol. The van der Waals surface area contributed by atoms with Gasteiger partial charge in [0.05, 0.1) is 12.6 Å². The van der Waals surface area contributed by atoms with E-state index >= 15 is 0 Å². The topological polar surface area (TPSA) is 32.3 Å². The lowest BCUT2D eigenvalue weighted by atomic mass is 9.97. The second-order valence-electron chi connectivity index (χ2n) is 6.37. The fraction of sp³-hybridized carbons (Fsp3) is 0.409. The molecule has 0 fully saturated rings. The molecule has 1 unspecified atom stereocenters. The molecule has 0 bridgehead atoms. The van der Waals surface area contributed by atoms with Crippen molar-refractivity contribution in [1.82, 2.24) is 10.2 Å². The van der Waals surface area contributed by atoms with Crippen molar-refractivity contribution in [2.24, 2.45) is 0 Å². The van der Waals surface area contributed by atoms with Gasteiger partial charge in [0, 0.05) is 0 Å². The van der Waals surface area contributed by atoms with Crippen LogP contribution in [-0.4, -0.2) is 30.4 Å². The highest BCUT2D eigenvalue weighted by atomic mass is 16.2. The summed E-state index contributed by atoms with van der Waals surface area (Å²) in [4.78, 5) is 14.6. The molecule has 1 amide bonds. The maximum Gasteiger partial charge on any atom is 0.234 e. The Morgan fingerprint density at radius 3 is 2.12 bits per heavy atom. The fourth-order valence-corrected chi connectivity index (χ4v) is 2.98. The number of rotatable bonds is 9. The molecule has 0 saturated carbocycles. The average Bonchev–Trinajstić information content (AvgIpc) is 2.66. The van der Waals surface area contributed by atoms with Crippen molar-refractivity contribution in [2.45, 2.75) is 39.7 Å². The van der Waals surface area contributed by atoms with Gasteiger partial charge >= 0.3 is 0 Å². The summed E-state index contributed by atoms with van der Waals surface area (Å²) in [6.07, 6.45) is 1.83. The quantitative estimate of drug-likeness (QED) is 0.750. The average molecular weight is 338 g/mol. The molecule has 0 aliphatic carbocycles. The van der Waals surface area contributed by atoms with Gasteiger partial charge in [-0.05, 0) is 42.6 Å². The van der Waals surface area contributed by atoms with Gasteiger partial charge in [0.15, 0.2) is 0 Å². The van der Waals surface area contributed by atoms with E-state index in [1.165, 1.54) is 11.1 Å². The monoisotopic (exact) mass is 338 g/mol. The van der Waals surface area contributed by atoms with Crippen LogP contribution in [0.5, 0.6) is 0 Å². The smallest absolute Gasteiger partial charge is 0.234 e. The van der Waals surface area contributed by atoms with Crippen LogP contribution in [0.2, 0.25) is 0 Å². The molecule has 0 aliphatic rings. The van der Waals surface area contributed by atoms with Crippen LogP contribution in [0.4, 0.5) is 0 Å². The Morgan fingerprint density at radius 1 is 0.920 bits per heavy atom. The van der Waals surface area contributed by atoms with Crippen LogP contribution in [-0.2, 0) is 17.6 Å². The van der Waals surface area contributed by atoms with Crippen LogP contribution in [0.1, 0.15) is 43.5 Å². The zero-order chi connectivity index (χ0) is 18.1. The van der Waals surface area contributed by atoms with E-state index in [-0.39, 0.29) is 11.9 Å². The van der Waals surface area contributed by atoms with Crippen LogP contribution in [0.25, 0.3) is 0 Å². The van der Waals surface area contributed by atoms with E-state index in [1.807, 2.05) is 18.2 Å². The van der Waals surface area contributed by atoms with Crippen molar-refractivity contribution in [3.05, 3.63) is 71.3 Å². The molecule has 2 rings (SSSR count). The zero-order valence-electron chi connectivity index (χ0n) is 15.7. The third-order valence-electron chi connectivity index (χ3n) is 4.67. The van der Waals surface area contributed by atoms with Gasteiger partial charge in [-0.25, -0.2) is 0 Å². The number of likely N-dealkylation sites (N-methyl/N-ethyl adjacent to an activating group) is 1. The first-order valence-corrected chi connectivity index (χ1v) is 9.30. The van der Waals surface area contributed by atoms with Gasteiger partial charge in [-0.1, -0.05) is 75.4 Å². The molecular weight excluding hydrogens is 308 g/mol. The Hall–Kier alpha value is -2.13. The van der Waals surface area contributed by atoms with E-state index in [2.05, 4.69) is 67.4 Å². The maximum atomic E-state index is 12.5. The number of carbonyl (C=O) groups excluding carboxylic acids is 1. The molecule has 3 heteroatoms. The summed E-state index contributed by atoms with van der Waals surface area (Å²) in [7, 11) is 0. The highest BCUT2D eigenvalue weighted by Gasteiger charge is 2.16. The number of hydrogen-bond acceptors (Lipinski definition) is 2. The Morgan fingerprint density at radius 2 is 1.56 bits per heavy atom. The second-order valence-corrected chi connectivity index (χ2v) is 6.37. The predicted octanol–water partition coefficient (Wildman–Crippen LogP) is 3.99. The van der Waals surface area contributed by atoms with Crippen LogP contribution in [0.3, 0.4) is 0 Å². The second kappa shape index (κ2) is 10.00. The number of hydrogen-bond donors (Lipinski definition) is 1. The van der Waals surface area contributed by atoms with Gasteiger partial charge in [0.1, 0.15) is 0 Å². The molecule has 1 N–H and O–H groups in total. The lowest BCUT2D eigenvalue weighted by molar-refractivity contribution is -0.122. The number of aryl methyl sites for hydroxylation is 1.